The third kappa shape index (κ3) is 3.18. The van der Waals surface area contributed by atoms with Crippen LogP contribution in [0, 0.1) is 6.57 Å². The van der Waals surface area contributed by atoms with Crippen molar-refractivity contribution >= 4 is 23.2 Å². The van der Waals surface area contributed by atoms with Gasteiger partial charge in [-0.1, -0.05) is 34.4 Å². The average molecular weight is 418 g/mol. The normalized spacial score (nSPS) is 26.5. The van der Waals surface area contributed by atoms with E-state index in [2.05, 4.69) is 10.1 Å². The molecule has 0 amide bonds. The topological polar surface area (TPSA) is 42.9 Å². The molecule has 2 saturated heterocycles. The average Bonchev–Trinajstić information content (AvgIpc) is 3.39. The maximum atomic E-state index is 7.39. The van der Waals surface area contributed by atoms with E-state index in [9.17, 15) is 0 Å². The van der Waals surface area contributed by atoms with Crippen LogP contribution in [-0.2, 0) is 11.3 Å². The van der Waals surface area contributed by atoms with Crippen molar-refractivity contribution in [1.29, 1.82) is 0 Å². The predicted molar refractivity (Wildman–Crippen MR) is 107 cm³/mol. The molecule has 3 atom stereocenters. The Morgan fingerprint density at radius 1 is 1.14 bits per heavy atom. The van der Waals surface area contributed by atoms with Crippen LogP contribution in [0.4, 0.5) is 0 Å². The van der Waals surface area contributed by atoms with E-state index in [4.69, 9.17) is 39.0 Å². The Morgan fingerprint density at radius 2 is 1.82 bits per heavy atom. The molecule has 2 aliphatic heterocycles. The second kappa shape index (κ2) is 7.26. The van der Waals surface area contributed by atoms with Crippen molar-refractivity contribution in [1.82, 2.24) is 10.2 Å². The fraction of sp³-hybridized carbons (Fsp3) is 0.524. The first-order valence-electron chi connectivity index (χ1n) is 9.85. The Kier molecular flexibility index (Phi) is 4.74. The number of hydrogen-bond donors (Lipinski definition) is 0. The SMILES string of the molecule is [C-]#[N+]N1[C@@H]2CC[C@H]1CC(OCc1c(-c3c(Cl)cccc3Cl)noc1C1CC1)C2. The van der Waals surface area contributed by atoms with Crippen molar-refractivity contribution in [3.8, 4) is 11.3 Å². The molecule has 146 valence electrons. The van der Waals surface area contributed by atoms with E-state index < -0.39 is 0 Å². The van der Waals surface area contributed by atoms with Crippen molar-refractivity contribution < 1.29 is 9.26 Å². The molecule has 1 saturated carbocycles. The van der Waals surface area contributed by atoms with Crippen molar-refractivity contribution in [3.63, 3.8) is 0 Å². The molecule has 3 heterocycles. The lowest BCUT2D eigenvalue weighted by Crippen LogP contribution is -2.41. The zero-order valence-electron chi connectivity index (χ0n) is 15.4. The zero-order valence-corrected chi connectivity index (χ0v) is 16.9. The Bertz CT molecular complexity index is 900. The van der Waals surface area contributed by atoms with Gasteiger partial charge in [-0.05, 0) is 37.8 Å². The fourth-order valence-electron chi connectivity index (χ4n) is 4.65. The summed E-state index contributed by atoms with van der Waals surface area (Å²) in [5.41, 5.74) is 2.37. The lowest BCUT2D eigenvalue weighted by molar-refractivity contribution is -0.0169. The number of rotatable bonds is 5. The smallest absolute Gasteiger partial charge is 0.145 e. The van der Waals surface area contributed by atoms with E-state index >= 15 is 0 Å². The maximum Gasteiger partial charge on any atom is 0.145 e. The number of aromatic nitrogens is 1. The first kappa shape index (κ1) is 18.3. The summed E-state index contributed by atoms with van der Waals surface area (Å²) in [7, 11) is 0. The third-order valence-electron chi connectivity index (χ3n) is 6.20. The van der Waals surface area contributed by atoms with Gasteiger partial charge in [-0.3, -0.25) is 0 Å². The van der Waals surface area contributed by atoms with Gasteiger partial charge in [0.25, 0.3) is 0 Å². The highest BCUT2D eigenvalue weighted by molar-refractivity contribution is 6.39. The number of piperidine rings is 1. The highest BCUT2D eigenvalue weighted by Gasteiger charge is 2.45. The molecule has 0 radical (unpaired) electrons. The number of nitrogens with zero attached hydrogens (tertiary/aromatic N) is 3. The van der Waals surface area contributed by atoms with Gasteiger partial charge in [0.1, 0.15) is 11.5 Å². The minimum Gasteiger partial charge on any atom is -0.373 e. The van der Waals surface area contributed by atoms with Gasteiger partial charge in [0.2, 0.25) is 0 Å². The largest absolute Gasteiger partial charge is 0.373 e. The van der Waals surface area contributed by atoms with E-state index in [1.165, 1.54) is 0 Å². The quantitative estimate of drug-likeness (QED) is 0.570. The van der Waals surface area contributed by atoms with E-state index in [-0.39, 0.29) is 6.10 Å². The molecule has 5 nitrogen and oxygen atoms in total. The molecule has 1 unspecified atom stereocenters. The van der Waals surface area contributed by atoms with E-state index in [1.54, 1.807) is 0 Å². The van der Waals surface area contributed by atoms with Gasteiger partial charge in [0.15, 0.2) is 0 Å². The fourth-order valence-corrected chi connectivity index (χ4v) is 5.23. The molecule has 28 heavy (non-hydrogen) atoms. The molecule has 0 N–H and O–H groups in total. The summed E-state index contributed by atoms with van der Waals surface area (Å²) in [6, 6.07) is 6.11. The van der Waals surface area contributed by atoms with Gasteiger partial charge in [-0.2, -0.15) is 11.5 Å². The standard InChI is InChI=1S/C21H21Cl2N3O2/c1-24-26-13-7-8-14(26)10-15(9-13)27-11-16-20(25-28-21(16)12-5-6-12)19-17(22)3-2-4-18(19)23/h2-4,12-15H,5-11H2/t13-,14+,15?. The Balaban J connectivity index is 1.39. The van der Waals surface area contributed by atoms with Crippen LogP contribution in [0.15, 0.2) is 22.7 Å². The van der Waals surface area contributed by atoms with Crippen LogP contribution >= 0.6 is 23.2 Å². The monoisotopic (exact) mass is 417 g/mol. The first-order valence-corrected chi connectivity index (χ1v) is 10.6. The Labute approximate surface area is 174 Å². The Morgan fingerprint density at radius 3 is 2.43 bits per heavy atom. The number of ether oxygens (including phenoxy) is 1. The number of hydrogen-bond acceptors (Lipinski definition) is 4. The first-order chi connectivity index (χ1) is 13.7. The van der Waals surface area contributed by atoms with Gasteiger partial charge < -0.3 is 9.26 Å². The van der Waals surface area contributed by atoms with Crippen LogP contribution in [0.1, 0.15) is 55.8 Å². The van der Waals surface area contributed by atoms with Crippen molar-refractivity contribution in [2.45, 2.75) is 69.2 Å². The minimum atomic E-state index is 0.159. The summed E-state index contributed by atoms with van der Waals surface area (Å²) in [4.78, 5) is 3.71. The lowest BCUT2D eigenvalue weighted by Gasteiger charge is -2.31. The van der Waals surface area contributed by atoms with E-state index in [1.807, 2.05) is 23.2 Å². The third-order valence-corrected chi connectivity index (χ3v) is 6.83. The van der Waals surface area contributed by atoms with Crippen LogP contribution in [0.25, 0.3) is 16.2 Å². The molecule has 2 bridgehead atoms. The zero-order chi connectivity index (χ0) is 19.3. The van der Waals surface area contributed by atoms with Gasteiger partial charge in [0, 0.05) is 29.9 Å². The number of fused-ring (bicyclic) bond motifs is 2. The van der Waals surface area contributed by atoms with Crippen molar-refractivity contribution in [2.75, 3.05) is 0 Å². The molecule has 0 spiro atoms. The van der Waals surface area contributed by atoms with Crippen LogP contribution < -0.4 is 0 Å². The summed E-state index contributed by atoms with van der Waals surface area (Å²) >= 11 is 12.9. The summed E-state index contributed by atoms with van der Waals surface area (Å²) < 4.78 is 12.1. The molecule has 1 aliphatic carbocycles. The highest BCUT2D eigenvalue weighted by atomic mass is 35.5. The van der Waals surface area contributed by atoms with Gasteiger partial charge >= 0.3 is 0 Å². The summed E-state index contributed by atoms with van der Waals surface area (Å²) in [5.74, 6) is 1.33. The number of benzene rings is 1. The molecule has 5 rings (SSSR count). The summed E-state index contributed by atoms with van der Waals surface area (Å²) in [6.07, 6.45) is 6.39. The van der Waals surface area contributed by atoms with Gasteiger partial charge in [0.05, 0.1) is 34.8 Å². The summed E-state index contributed by atoms with van der Waals surface area (Å²) in [6.45, 7) is 7.83. The molecule has 3 aliphatic rings. The molecule has 3 fully saturated rings. The lowest BCUT2D eigenvalue weighted by atomic mass is 10.0. The number of halogens is 2. The van der Waals surface area contributed by atoms with Crippen LogP contribution in [0.5, 0.6) is 0 Å². The predicted octanol–water partition coefficient (Wildman–Crippen LogP) is 5.87. The van der Waals surface area contributed by atoms with Gasteiger partial charge in [-0.15, -0.1) is 5.01 Å². The van der Waals surface area contributed by atoms with Crippen LogP contribution in [-0.4, -0.2) is 28.4 Å². The Hall–Kier alpha value is -1.74. The maximum absolute atomic E-state index is 7.39. The van der Waals surface area contributed by atoms with Gasteiger partial charge in [-0.25, -0.2) is 0 Å². The highest BCUT2D eigenvalue weighted by Crippen LogP contribution is 2.46. The van der Waals surface area contributed by atoms with Crippen molar-refractivity contribution in [3.05, 3.63) is 51.1 Å². The minimum absolute atomic E-state index is 0.159. The van der Waals surface area contributed by atoms with Crippen molar-refractivity contribution in [2.24, 2.45) is 0 Å². The molecule has 1 aromatic carbocycles. The molecule has 7 heteroatoms. The molecule has 2 aromatic rings. The second-order valence-corrected chi connectivity index (χ2v) is 8.83. The molecule has 1 aromatic heterocycles. The van der Waals surface area contributed by atoms with E-state index in [0.717, 1.165) is 49.8 Å². The molecular formula is C21H21Cl2N3O2. The summed E-state index contributed by atoms with van der Waals surface area (Å²) in [5, 5.41) is 7.40. The van der Waals surface area contributed by atoms with Crippen LogP contribution in [0.3, 0.4) is 0 Å². The molecular weight excluding hydrogens is 397 g/mol. The van der Waals surface area contributed by atoms with E-state index in [0.29, 0.717) is 45.9 Å². The van der Waals surface area contributed by atoms with Crippen LogP contribution in [0.2, 0.25) is 10.0 Å². The second-order valence-electron chi connectivity index (χ2n) is 8.01.